The van der Waals surface area contributed by atoms with Crippen LogP contribution in [0.2, 0.25) is 0 Å². The second kappa shape index (κ2) is 6.48. The summed E-state index contributed by atoms with van der Waals surface area (Å²) in [6, 6.07) is 6.19. The third kappa shape index (κ3) is 3.78. The number of hydrogen-bond acceptors (Lipinski definition) is 4. The van der Waals surface area contributed by atoms with Crippen molar-refractivity contribution in [3.05, 3.63) is 47.5 Å². The third-order valence-electron chi connectivity index (χ3n) is 2.96. The molecule has 0 aliphatic heterocycles. The minimum absolute atomic E-state index is 0.421. The molecular weight excluding hydrogens is 250 g/mol. The lowest BCUT2D eigenvalue weighted by Crippen LogP contribution is -2.22. The van der Waals surface area contributed by atoms with Gasteiger partial charge in [-0.3, -0.25) is 9.97 Å². The second-order valence-corrected chi connectivity index (χ2v) is 5.16. The van der Waals surface area contributed by atoms with Crippen molar-refractivity contribution in [1.29, 1.82) is 0 Å². The van der Waals surface area contributed by atoms with Crippen LogP contribution in [0.15, 0.2) is 30.6 Å². The van der Waals surface area contributed by atoms with Crippen molar-refractivity contribution < 1.29 is 4.74 Å². The summed E-state index contributed by atoms with van der Waals surface area (Å²) in [6.45, 7) is 8.87. The van der Waals surface area contributed by atoms with Crippen molar-refractivity contribution in [2.24, 2.45) is 0 Å². The molecule has 1 N–H and O–H groups in total. The normalized spacial score (nSPS) is 10.8. The summed E-state index contributed by atoms with van der Waals surface area (Å²) in [4.78, 5) is 8.59. The molecule has 0 aromatic carbocycles. The molecule has 0 saturated carbocycles. The SMILES string of the molecule is Cc1cc(Oc2cccnc2C)c(CNC(C)C)cn1. The van der Waals surface area contributed by atoms with E-state index in [0.29, 0.717) is 6.04 Å². The molecule has 0 bridgehead atoms. The summed E-state index contributed by atoms with van der Waals surface area (Å²) in [5.74, 6) is 1.62. The number of hydrogen-bond donors (Lipinski definition) is 1. The molecule has 2 rings (SSSR count). The average molecular weight is 271 g/mol. The number of rotatable bonds is 5. The first kappa shape index (κ1) is 14.5. The Balaban J connectivity index is 2.25. The number of ether oxygens (including phenoxy) is 1. The average Bonchev–Trinajstić information content (AvgIpc) is 2.40. The smallest absolute Gasteiger partial charge is 0.148 e. The van der Waals surface area contributed by atoms with Crippen molar-refractivity contribution >= 4 is 0 Å². The van der Waals surface area contributed by atoms with Crippen molar-refractivity contribution in [2.75, 3.05) is 0 Å². The van der Waals surface area contributed by atoms with Crippen molar-refractivity contribution in [3.63, 3.8) is 0 Å². The van der Waals surface area contributed by atoms with E-state index in [-0.39, 0.29) is 0 Å². The Kier molecular flexibility index (Phi) is 4.69. The van der Waals surface area contributed by atoms with E-state index in [0.717, 1.165) is 35.0 Å². The molecule has 4 heteroatoms. The topological polar surface area (TPSA) is 47.0 Å². The third-order valence-corrected chi connectivity index (χ3v) is 2.96. The zero-order chi connectivity index (χ0) is 14.5. The van der Waals surface area contributed by atoms with Gasteiger partial charge < -0.3 is 10.1 Å². The standard InChI is InChI=1S/C16H21N3O/c1-11(2)18-9-14-10-19-12(3)8-16(14)20-15-6-5-7-17-13(15)4/h5-8,10-11,18H,9H2,1-4H3. The monoisotopic (exact) mass is 271 g/mol. The van der Waals surface area contributed by atoms with Gasteiger partial charge in [-0.25, -0.2) is 0 Å². The lowest BCUT2D eigenvalue weighted by atomic mass is 10.2. The van der Waals surface area contributed by atoms with Gasteiger partial charge in [-0.2, -0.15) is 0 Å². The fraction of sp³-hybridized carbons (Fsp3) is 0.375. The number of pyridine rings is 2. The highest BCUT2D eigenvalue weighted by Crippen LogP contribution is 2.27. The minimum atomic E-state index is 0.421. The van der Waals surface area contributed by atoms with E-state index in [1.807, 2.05) is 38.2 Å². The fourth-order valence-electron chi connectivity index (χ4n) is 1.80. The van der Waals surface area contributed by atoms with Crippen molar-refractivity contribution in [1.82, 2.24) is 15.3 Å². The molecule has 0 amide bonds. The predicted octanol–water partition coefficient (Wildman–Crippen LogP) is 3.38. The Labute approximate surface area is 120 Å². The summed E-state index contributed by atoms with van der Waals surface area (Å²) in [7, 11) is 0. The highest BCUT2D eigenvalue weighted by atomic mass is 16.5. The highest BCUT2D eigenvalue weighted by Gasteiger charge is 2.09. The first-order chi connectivity index (χ1) is 9.56. The molecule has 0 fully saturated rings. The van der Waals surface area contributed by atoms with Gasteiger partial charge >= 0.3 is 0 Å². The molecule has 0 radical (unpaired) electrons. The zero-order valence-electron chi connectivity index (χ0n) is 12.5. The molecule has 2 aromatic rings. The van der Waals surface area contributed by atoms with Gasteiger partial charge in [0.05, 0.1) is 5.69 Å². The predicted molar refractivity (Wildman–Crippen MR) is 80.0 cm³/mol. The Morgan fingerprint density at radius 2 is 2.00 bits per heavy atom. The van der Waals surface area contributed by atoms with Gasteiger partial charge in [0.1, 0.15) is 11.5 Å². The maximum Gasteiger partial charge on any atom is 0.148 e. The zero-order valence-corrected chi connectivity index (χ0v) is 12.5. The molecule has 0 saturated heterocycles. The van der Waals surface area contributed by atoms with E-state index in [9.17, 15) is 0 Å². The van der Waals surface area contributed by atoms with Crippen LogP contribution in [0.1, 0.15) is 30.8 Å². The first-order valence-electron chi connectivity index (χ1n) is 6.84. The van der Waals surface area contributed by atoms with Crippen LogP contribution in [-0.4, -0.2) is 16.0 Å². The number of aryl methyl sites for hydroxylation is 2. The lowest BCUT2D eigenvalue weighted by Gasteiger charge is -2.14. The van der Waals surface area contributed by atoms with Gasteiger partial charge in [0.25, 0.3) is 0 Å². The first-order valence-corrected chi connectivity index (χ1v) is 6.84. The minimum Gasteiger partial charge on any atom is -0.455 e. The van der Waals surface area contributed by atoms with Gasteiger partial charge in [-0.15, -0.1) is 0 Å². The Morgan fingerprint density at radius 1 is 1.20 bits per heavy atom. The maximum atomic E-state index is 6.01. The van der Waals surface area contributed by atoms with Crippen LogP contribution in [0.5, 0.6) is 11.5 Å². The van der Waals surface area contributed by atoms with Crippen LogP contribution >= 0.6 is 0 Å². The summed E-state index contributed by atoms with van der Waals surface area (Å²) in [5, 5.41) is 3.39. The number of aromatic nitrogens is 2. The second-order valence-electron chi connectivity index (χ2n) is 5.16. The van der Waals surface area contributed by atoms with Gasteiger partial charge in [0.15, 0.2) is 0 Å². The van der Waals surface area contributed by atoms with Crippen LogP contribution in [-0.2, 0) is 6.54 Å². The van der Waals surface area contributed by atoms with Crippen LogP contribution in [0.3, 0.4) is 0 Å². The molecule has 0 aliphatic rings. The molecular formula is C16H21N3O. The Morgan fingerprint density at radius 3 is 2.70 bits per heavy atom. The number of nitrogens with one attached hydrogen (secondary N) is 1. The van der Waals surface area contributed by atoms with Crippen LogP contribution in [0.4, 0.5) is 0 Å². The van der Waals surface area contributed by atoms with Gasteiger partial charge in [-0.05, 0) is 26.0 Å². The van der Waals surface area contributed by atoms with Crippen molar-refractivity contribution in [3.8, 4) is 11.5 Å². The molecule has 0 atom stereocenters. The van der Waals surface area contributed by atoms with E-state index in [1.54, 1.807) is 6.20 Å². The lowest BCUT2D eigenvalue weighted by molar-refractivity contribution is 0.461. The van der Waals surface area contributed by atoms with Crippen LogP contribution < -0.4 is 10.1 Å². The molecule has 2 aromatic heterocycles. The molecule has 2 heterocycles. The summed E-state index contributed by atoms with van der Waals surface area (Å²) < 4.78 is 6.01. The van der Waals surface area contributed by atoms with E-state index < -0.39 is 0 Å². The van der Waals surface area contributed by atoms with Crippen LogP contribution in [0, 0.1) is 13.8 Å². The number of nitrogens with zero attached hydrogens (tertiary/aromatic N) is 2. The highest BCUT2D eigenvalue weighted by molar-refractivity contribution is 5.38. The molecule has 0 unspecified atom stereocenters. The van der Waals surface area contributed by atoms with Gasteiger partial charge in [0, 0.05) is 42.3 Å². The molecule has 106 valence electrons. The van der Waals surface area contributed by atoms with E-state index >= 15 is 0 Å². The molecule has 4 nitrogen and oxygen atoms in total. The summed E-state index contributed by atoms with van der Waals surface area (Å²) in [5.41, 5.74) is 2.87. The van der Waals surface area contributed by atoms with Gasteiger partial charge in [0.2, 0.25) is 0 Å². The van der Waals surface area contributed by atoms with E-state index in [2.05, 4.69) is 29.1 Å². The van der Waals surface area contributed by atoms with E-state index in [4.69, 9.17) is 4.74 Å². The quantitative estimate of drug-likeness (QED) is 0.905. The molecule has 0 spiro atoms. The largest absolute Gasteiger partial charge is 0.455 e. The van der Waals surface area contributed by atoms with E-state index in [1.165, 1.54) is 0 Å². The van der Waals surface area contributed by atoms with Crippen LogP contribution in [0.25, 0.3) is 0 Å². The molecule has 0 aliphatic carbocycles. The Hall–Kier alpha value is -1.94. The summed E-state index contributed by atoms with van der Waals surface area (Å²) in [6.07, 6.45) is 3.63. The molecule has 20 heavy (non-hydrogen) atoms. The Bertz CT molecular complexity index is 582. The fourth-order valence-corrected chi connectivity index (χ4v) is 1.80. The summed E-state index contributed by atoms with van der Waals surface area (Å²) >= 11 is 0. The van der Waals surface area contributed by atoms with Crippen molar-refractivity contribution in [2.45, 2.75) is 40.3 Å². The maximum absolute atomic E-state index is 6.01. The van der Waals surface area contributed by atoms with Gasteiger partial charge in [-0.1, -0.05) is 13.8 Å².